The lowest BCUT2D eigenvalue weighted by molar-refractivity contribution is 0.103. The van der Waals surface area contributed by atoms with Crippen LogP contribution in [0, 0.1) is 0 Å². The van der Waals surface area contributed by atoms with Gasteiger partial charge >= 0.3 is 0 Å². The molecule has 1 heterocycles. The van der Waals surface area contributed by atoms with Gasteiger partial charge in [-0.25, -0.2) is 4.98 Å². The third kappa shape index (κ3) is 5.70. The second-order valence-electron chi connectivity index (χ2n) is 8.75. The molecule has 0 aliphatic heterocycles. The van der Waals surface area contributed by atoms with Crippen molar-refractivity contribution in [2.45, 2.75) is 40.0 Å². The number of halogens is 1. The molecule has 0 spiro atoms. The number of hydrogen-bond donors (Lipinski definition) is 0. The van der Waals surface area contributed by atoms with Crippen molar-refractivity contribution in [1.29, 1.82) is 0 Å². The van der Waals surface area contributed by atoms with Gasteiger partial charge in [0.2, 0.25) is 0 Å². The van der Waals surface area contributed by atoms with Crippen molar-refractivity contribution in [1.82, 2.24) is 9.66 Å². The van der Waals surface area contributed by atoms with Crippen LogP contribution < -0.4 is 15.0 Å². The number of carbonyl (C=O) groups is 1. The maximum absolute atomic E-state index is 13.5. The molecule has 0 aliphatic rings. The zero-order valence-electron chi connectivity index (χ0n) is 21.9. The zero-order chi connectivity index (χ0) is 27.2. The minimum Gasteiger partial charge on any atom is -0.493 e. The van der Waals surface area contributed by atoms with Crippen molar-refractivity contribution in [2.75, 3.05) is 13.2 Å². The maximum Gasteiger partial charge on any atom is 0.282 e. The van der Waals surface area contributed by atoms with E-state index in [1.54, 1.807) is 36.5 Å². The summed E-state index contributed by atoms with van der Waals surface area (Å²) in [6, 6.07) is 17.9. The molecule has 0 aliphatic carbocycles. The first-order chi connectivity index (χ1) is 18.4. The average molecular weight is 576 g/mol. The topological polar surface area (TPSA) is 82.8 Å². The number of ether oxygens (including phenoxy) is 2. The fourth-order valence-electron chi connectivity index (χ4n) is 4.06. The van der Waals surface area contributed by atoms with E-state index in [0.717, 1.165) is 10.9 Å². The molecule has 0 unspecified atom stereocenters. The van der Waals surface area contributed by atoms with E-state index in [1.807, 2.05) is 58.0 Å². The standard InChI is InChI=1S/C30H30BrN3O4/c1-5-19(4)29-33-25-14-13-22(31)16-23(25)30(36)34(29)32-18-21-15-24(28(35)20-11-9-8-10-12-20)27(38-7-3)17-26(21)37-6-2/h8-19H,5-7H2,1-4H3/t19-/m1/s1. The molecule has 0 saturated carbocycles. The molecule has 3 aromatic carbocycles. The Kier molecular flexibility index (Phi) is 8.73. The Morgan fingerprint density at radius 1 is 1.03 bits per heavy atom. The molecule has 1 aromatic heterocycles. The number of benzene rings is 3. The molecule has 8 heteroatoms. The van der Waals surface area contributed by atoms with Gasteiger partial charge in [0.15, 0.2) is 5.78 Å². The monoisotopic (exact) mass is 575 g/mol. The predicted octanol–water partition coefficient (Wildman–Crippen LogP) is 6.58. The van der Waals surface area contributed by atoms with Crippen molar-refractivity contribution < 1.29 is 14.3 Å². The summed E-state index contributed by atoms with van der Waals surface area (Å²) in [6.45, 7) is 8.58. The molecule has 4 aromatic rings. The van der Waals surface area contributed by atoms with Crippen LogP contribution in [0.3, 0.4) is 0 Å². The molecule has 196 valence electrons. The number of hydrogen-bond acceptors (Lipinski definition) is 6. The molecule has 0 bridgehead atoms. The van der Waals surface area contributed by atoms with E-state index in [0.29, 0.717) is 58.1 Å². The van der Waals surface area contributed by atoms with Crippen LogP contribution in [0.15, 0.2) is 75.0 Å². The van der Waals surface area contributed by atoms with E-state index >= 15 is 0 Å². The van der Waals surface area contributed by atoms with E-state index < -0.39 is 0 Å². The van der Waals surface area contributed by atoms with Gasteiger partial charge < -0.3 is 9.47 Å². The summed E-state index contributed by atoms with van der Waals surface area (Å²) in [7, 11) is 0. The Morgan fingerprint density at radius 2 is 1.74 bits per heavy atom. The van der Waals surface area contributed by atoms with Gasteiger partial charge in [0.05, 0.1) is 35.9 Å². The third-order valence-corrected chi connectivity index (χ3v) is 6.68. The fourth-order valence-corrected chi connectivity index (χ4v) is 4.42. The number of nitrogens with zero attached hydrogens (tertiary/aromatic N) is 3. The van der Waals surface area contributed by atoms with Crippen molar-refractivity contribution >= 4 is 38.8 Å². The highest BCUT2D eigenvalue weighted by atomic mass is 79.9. The molecule has 0 saturated heterocycles. The number of rotatable bonds is 10. The average Bonchev–Trinajstić information content (AvgIpc) is 2.93. The molecule has 0 fully saturated rings. The second kappa shape index (κ2) is 12.2. The van der Waals surface area contributed by atoms with Crippen LogP contribution in [0.5, 0.6) is 11.5 Å². The van der Waals surface area contributed by atoms with Crippen molar-refractivity contribution in [3.8, 4) is 11.5 Å². The second-order valence-corrected chi connectivity index (χ2v) is 9.67. The van der Waals surface area contributed by atoms with E-state index in [1.165, 1.54) is 4.68 Å². The number of aromatic nitrogens is 2. The minimum atomic E-state index is -0.271. The van der Waals surface area contributed by atoms with Gasteiger partial charge in [-0.15, -0.1) is 0 Å². The molecule has 0 N–H and O–H groups in total. The van der Waals surface area contributed by atoms with Crippen LogP contribution in [-0.4, -0.2) is 34.9 Å². The van der Waals surface area contributed by atoms with Gasteiger partial charge in [-0.2, -0.15) is 9.78 Å². The summed E-state index contributed by atoms with van der Waals surface area (Å²) in [4.78, 5) is 31.7. The highest BCUT2D eigenvalue weighted by Gasteiger charge is 2.20. The molecule has 1 atom stereocenters. The molecule has 0 amide bonds. The summed E-state index contributed by atoms with van der Waals surface area (Å²) in [6.07, 6.45) is 2.33. The van der Waals surface area contributed by atoms with E-state index in [4.69, 9.17) is 14.5 Å². The lowest BCUT2D eigenvalue weighted by Gasteiger charge is -2.16. The first kappa shape index (κ1) is 27.3. The van der Waals surface area contributed by atoms with Crippen LogP contribution in [0.1, 0.15) is 67.3 Å². The van der Waals surface area contributed by atoms with Gasteiger partial charge in [0.25, 0.3) is 5.56 Å². The van der Waals surface area contributed by atoms with Crippen LogP contribution in [0.4, 0.5) is 0 Å². The summed E-state index contributed by atoms with van der Waals surface area (Å²) in [5.41, 5.74) is 1.82. The quantitative estimate of drug-likeness (QED) is 0.157. The van der Waals surface area contributed by atoms with Crippen LogP contribution in [-0.2, 0) is 0 Å². The Balaban J connectivity index is 1.90. The summed E-state index contributed by atoms with van der Waals surface area (Å²) in [5.74, 6) is 1.31. The molecule has 4 rings (SSSR count). The van der Waals surface area contributed by atoms with Crippen LogP contribution >= 0.6 is 15.9 Å². The number of fused-ring (bicyclic) bond motifs is 1. The SMILES string of the molecule is CCOc1cc(OCC)c(C(=O)c2ccccc2)cc1C=Nn1c([C@H](C)CC)nc2ccc(Br)cc2c1=O. The normalized spacial score (nSPS) is 12.1. The van der Waals surface area contributed by atoms with Gasteiger partial charge in [-0.3, -0.25) is 9.59 Å². The number of ketones is 1. The van der Waals surface area contributed by atoms with Gasteiger partial charge in [-0.05, 0) is 44.5 Å². The van der Waals surface area contributed by atoms with Gasteiger partial charge in [-0.1, -0.05) is 60.1 Å². The van der Waals surface area contributed by atoms with Crippen molar-refractivity contribution in [3.63, 3.8) is 0 Å². The Morgan fingerprint density at radius 3 is 2.42 bits per heavy atom. The summed E-state index contributed by atoms with van der Waals surface area (Å²) in [5, 5.41) is 5.04. The van der Waals surface area contributed by atoms with Crippen molar-refractivity contribution in [3.05, 3.63) is 98.0 Å². The lowest BCUT2D eigenvalue weighted by Crippen LogP contribution is -2.23. The third-order valence-electron chi connectivity index (χ3n) is 6.19. The predicted molar refractivity (Wildman–Crippen MR) is 154 cm³/mol. The van der Waals surface area contributed by atoms with Crippen LogP contribution in [0.25, 0.3) is 10.9 Å². The van der Waals surface area contributed by atoms with E-state index in [-0.39, 0.29) is 17.3 Å². The van der Waals surface area contributed by atoms with E-state index in [9.17, 15) is 9.59 Å². The molecular weight excluding hydrogens is 546 g/mol. The lowest BCUT2D eigenvalue weighted by atomic mass is 10.00. The Bertz CT molecular complexity index is 1550. The first-order valence-corrected chi connectivity index (χ1v) is 13.5. The van der Waals surface area contributed by atoms with Crippen LogP contribution in [0.2, 0.25) is 0 Å². The highest BCUT2D eigenvalue weighted by molar-refractivity contribution is 9.10. The number of carbonyl (C=O) groups excluding carboxylic acids is 1. The molecule has 0 radical (unpaired) electrons. The molecule has 7 nitrogen and oxygen atoms in total. The van der Waals surface area contributed by atoms with E-state index in [2.05, 4.69) is 21.0 Å². The smallest absolute Gasteiger partial charge is 0.282 e. The van der Waals surface area contributed by atoms with Gasteiger partial charge in [0.1, 0.15) is 17.3 Å². The van der Waals surface area contributed by atoms with Gasteiger partial charge in [0, 0.05) is 27.6 Å². The maximum atomic E-state index is 13.5. The first-order valence-electron chi connectivity index (χ1n) is 12.7. The molecular formula is C30H30BrN3O4. The fraction of sp³-hybridized carbons (Fsp3) is 0.267. The highest BCUT2D eigenvalue weighted by Crippen LogP contribution is 2.31. The minimum absolute atomic E-state index is 0.00481. The van der Waals surface area contributed by atoms with Crippen molar-refractivity contribution in [2.24, 2.45) is 5.10 Å². The zero-order valence-corrected chi connectivity index (χ0v) is 23.5. The Labute approximate surface area is 230 Å². The Hall–Kier alpha value is -3.78. The largest absolute Gasteiger partial charge is 0.493 e. The summed E-state index contributed by atoms with van der Waals surface area (Å²) < 4.78 is 13.8. The summed E-state index contributed by atoms with van der Waals surface area (Å²) >= 11 is 3.44. The molecule has 38 heavy (non-hydrogen) atoms.